The smallest absolute Gasteiger partial charge is 0.312 e. The van der Waals surface area contributed by atoms with Crippen LogP contribution in [0.2, 0.25) is 0 Å². The predicted octanol–water partition coefficient (Wildman–Crippen LogP) is 2.44. The Morgan fingerprint density at radius 1 is 1.57 bits per heavy atom. The second-order valence-corrected chi connectivity index (χ2v) is 3.29. The minimum Gasteiger partial charge on any atom is -0.481 e. The maximum Gasteiger partial charge on any atom is 0.312 e. The summed E-state index contributed by atoms with van der Waals surface area (Å²) in [6, 6.07) is 5.39. The number of hydrogen-bond acceptors (Lipinski definition) is 2. The highest BCUT2D eigenvalue weighted by molar-refractivity contribution is 5.75. The van der Waals surface area contributed by atoms with Crippen molar-refractivity contribution in [2.45, 2.75) is 32.1 Å². The molecule has 0 radical (unpaired) electrons. The van der Waals surface area contributed by atoms with Crippen molar-refractivity contribution in [1.82, 2.24) is 4.98 Å². The summed E-state index contributed by atoms with van der Waals surface area (Å²) in [7, 11) is 0. The molecule has 0 aliphatic rings. The van der Waals surface area contributed by atoms with E-state index in [4.69, 9.17) is 5.11 Å². The molecule has 3 heteroatoms. The third-order valence-electron chi connectivity index (χ3n) is 2.19. The number of aliphatic carboxylic acids is 1. The molecule has 0 bridgehead atoms. The van der Waals surface area contributed by atoms with E-state index < -0.39 is 11.9 Å². The topological polar surface area (TPSA) is 50.2 Å². The fourth-order valence-electron chi connectivity index (χ4n) is 1.39. The highest BCUT2D eigenvalue weighted by Crippen LogP contribution is 2.19. The molecule has 0 saturated carbocycles. The Morgan fingerprint density at radius 3 is 2.86 bits per heavy atom. The molecule has 1 rings (SSSR count). The highest BCUT2D eigenvalue weighted by Gasteiger charge is 2.19. The van der Waals surface area contributed by atoms with Crippen LogP contribution in [0, 0.1) is 0 Å². The quantitative estimate of drug-likeness (QED) is 0.781. The summed E-state index contributed by atoms with van der Waals surface area (Å²) in [5.74, 6) is -1.23. The summed E-state index contributed by atoms with van der Waals surface area (Å²) in [5, 5.41) is 9.01. The normalized spacial score (nSPS) is 12.4. The summed E-state index contributed by atoms with van der Waals surface area (Å²) in [6.45, 7) is 2.05. The number of hydrogen-bond donors (Lipinski definition) is 1. The van der Waals surface area contributed by atoms with Crippen LogP contribution in [0.25, 0.3) is 0 Å². The monoisotopic (exact) mass is 193 g/mol. The average Bonchev–Trinajstić information content (AvgIpc) is 2.19. The molecule has 0 amide bonds. The van der Waals surface area contributed by atoms with E-state index in [9.17, 15) is 4.79 Å². The molecule has 0 spiro atoms. The van der Waals surface area contributed by atoms with Gasteiger partial charge in [0.1, 0.15) is 0 Å². The van der Waals surface area contributed by atoms with Crippen molar-refractivity contribution in [3.8, 4) is 0 Å². The van der Waals surface area contributed by atoms with E-state index in [0.717, 1.165) is 12.8 Å². The van der Waals surface area contributed by atoms with Gasteiger partial charge in [-0.25, -0.2) is 0 Å². The van der Waals surface area contributed by atoms with Crippen LogP contribution in [0.4, 0.5) is 0 Å². The molecular formula is C11H15NO2. The first-order valence-electron chi connectivity index (χ1n) is 4.89. The number of carboxylic acid groups (broad SMARTS) is 1. The molecule has 1 unspecified atom stereocenters. The zero-order chi connectivity index (χ0) is 10.4. The zero-order valence-corrected chi connectivity index (χ0v) is 8.31. The van der Waals surface area contributed by atoms with Gasteiger partial charge in [0.2, 0.25) is 0 Å². The van der Waals surface area contributed by atoms with Crippen LogP contribution >= 0.6 is 0 Å². The largest absolute Gasteiger partial charge is 0.481 e. The molecule has 1 atom stereocenters. The van der Waals surface area contributed by atoms with Gasteiger partial charge in [-0.15, -0.1) is 0 Å². The first kappa shape index (κ1) is 10.7. The molecule has 1 aromatic heterocycles. The molecule has 1 aromatic rings. The van der Waals surface area contributed by atoms with E-state index >= 15 is 0 Å². The van der Waals surface area contributed by atoms with Gasteiger partial charge in [0.15, 0.2) is 0 Å². The minimum absolute atomic E-state index is 0.448. The van der Waals surface area contributed by atoms with Gasteiger partial charge in [0.05, 0.1) is 11.6 Å². The van der Waals surface area contributed by atoms with Gasteiger partial charge in [-0.3, -0.25) is 9.78 Å². The van der Waals surface area contributed by atoms with Gasteiger partial charge >= 0.3 is 5.97 Å². The van der Waals surface area contributed by atoms with E-state index in [0.29, 0.717) is 12.1 Å². The fourth-order valence-corrected chi connectivity index (χ4v) is 1.39. The number of carboxylic acids is 1. The predicted molar refractivity (Wildman–Crippen MR) is 54.1 cm³/mol. The Hall–Kier alpha value is -1.38. The lowest BCUT2D eigenvalue weighted by Crippen LogP contribution is -2.12. The maximum atomic E-state index is 11.0. The Labute approximate surface area is 83.8 Å². The van der Waals surface area contributed by atoms with Crippen molar-refractivity contribution in [1.29, 1.82) is 0 Å². The Bertz CT molecular complexity index is 285. The lowest BCUT2D eigenvalue weighted by molar-refractivity contribution is -0.139. The molecule has 0 fully saturated rings. The molecule has 14 heavy (non-hydrogen) atoms. The highest BCUT2D eigenvalue weighted by atomic mass is 16.4. The zero-order valence-electron chi connectivity index (χ0n) is 8.31. The lowest BCUT2D eigenvalue weighted by atomic mass is 9.98. The van der Waals surface area contributed by atoms with E-state index in [1.165, 1.54) is 0 Å². The van der Waals surface area contributed by atoms with E-state index in [-0.39, 0.29) is 0 Å². The number of nitrogens with zero attached hydrogens (tertiary/aromatic N) is 1. The fraction of sp³-hybridized carbons (Fsp3) is 0.455. The van der Waals surface area contributed by atoms with Crippen molar-refractivity contribution >= 4 is 5.97 Å². The molecule has 76 valence electrons. The molecule has 1 N–H and O–H groups in total. The second kappa shape index (κ2) is 5.37. The first-order valence-corrected chi connectivity index (χ1v) is 4.89. The standard InChI is InChI=1S/C11H15NO2/c1-2-3-6-9(11(13)14)10-7-4-5-8-12-10/h4-5,7-9H,2-3,6H2,1H3,(H,13,14). The number of aromatic nitrogens is 1. The van der Waals surface area contributed by atoms with E-state index in [2.05, 4.69) is 11.9 Å². The van der Waals surface area contributed by atoms with Gasteiger partial charge in [0.25, 0.3) is 0 Å². The molecule has 3 nitrogen and oxygen atoms in total. The molecule has 1 heterocycles. The van der Waals surface area contributed by atoms with Crippen LogP contribution in [-0.4, -0.2) is 16.1 Å². The van der Waals surface area contributed by atoms with Crippen molar-refractivity contribution in [2.24, 2.45) is 0 Å². The summed E-state index contributed by atoms with van der Waals surface area (Å²) in [5.41, 5.74) is 0.661. The van der Waals surface area contributed by atoms with Crippen LogP contribution in [0.3, 0.4) is 0 Å². The van der Waals surface area contributed by atoms with E-state index in [1.807, 2.05) is 6.07 Å². The SMILES string of the molecule is CCCCC(C(=O)O)c1ccccn1. The number of unbranched alkanes of at least 4 members (excludes halogenated alkanes) is 1. The molecular weight excluding hydrogens is 178 g/mol. The van der Waals surface area contributed by atoms with Crippen molar-refractivity contribution < 1.29 is 9.90 Å². The van der Waals surface area contributed by atoms with Crippen molar-refractivity contribution in [3.63, 3.8) is 0 Å². The molecule has 0 aliphatic carbocycles. The molecule has 0 aromatic carbocycles. The number of pyridine rings is 1. The summed E-state index contributed by atoms with van der Waals surface area (Å²) in [4.78, 5) is 15.0. The summed E-state index contributed by atoms with van der Waals surface area (Å²) in [6.07, 6.45) is 4.24. The van der Waals surface area contributed by atoms with Gasteiger partial charge in [0, 0.05) is 6.20 Å². The Morgan fingerprint density at radius 2 is 2.36 bits per heavy atom. The lowest BCUT2D eigenvalue weighted by Gasteiger charge is -2.10. The van der Waals surface area contributed by atoms with E-state index in [1.54, 1.807) is 18.3 Å². The number of rotatable bonds is 5. The first-order chi connectivity index (χ1) is 6.75. The van der Waals surface area contributed by atoms with Gasteiger partial charge in [-0.05, 0) is 18.6 Å². The van der Waals surface area contributed by atoms with Gasteiger partial charge in [-0.2, -0.15) is 0 Å². The average molecular weight is 193 g/mol. The van der Waals surface area contributed by atoms with Crippen molar-refractivity contribution in [3.05, 3.63) is 30.1 Å². The van der Waals surface area contributed by atoms with Crippen LogP contribution in [0.1, 0.15) is 37.8 Å². The second-order valence-electron chi connectivity index (χ2n) is 3.29. The van der Waals surface area contributed by atoms with Crippen LogP contribution in [0.5, 0.6) is 0 Å². The Kier molecular flexibility index (Phi) is 4.11. The third kappa shape index (κ3) is 2.83. The van der Waals surface area contributed by atoms with Crippen LogP contribution in [-0.2, 0) is 4.79 Å². The van der Waals surface area contributed by atoms with Crippen LogP contribution < -0.4 is 0 Å². The molecule has 0 saturated heterocycles. The maximum absolute atomic E-state index is 11.0. The van der Waals surface area contributed by atoms with Gasteiger partial charge in [-0.1, -0.05) is 25.8 Å². The van der Waals surface area contributed by atoms with Crippen LogP contribution in [0.15, 0.2) is 24.4 Å². The summed E-state index contributed by atoms with van der Waals surface area (Å²) >= 11 is 0. The van der Waals surface area contributed by atoms with Crippen molar-refractivity contribution in [2.75, 3.05) is 0 Å². The number of carbonyl (C=O) groups is 1. The van der Waals surface area contributed by atoms with Gasteiger partial charge < -0.3 is 5.11 Å². The minimum atomic E-state index is -0.780. The Balaban J connectivity index is 2.73. The molecule has 0 aliphatic heterocycles. The summed E-state index contributed by atoms with van der Waals surface area (Å²) < 4.78 is 0. The third-order valence-corrected chi connectivity index (χ3v) is 2.19.